The molecule has 1 saturated heterocycles. The summed E-state index contributed by atoms with van der Waals surface area (Å²) in [4.78, 5) is 18.5. The molecule has 6 heteroatoms. The molecule has 1 atom stereocenters. The predicted molar refractivity (Wildman–Crippen MR) is 77.2 cm³/mol. The maximum Gasteiger partial charge on any atom is 0.239 e. The van der Waals surface area contributed by atoms with Gasteiger partial charge in [-0.25, -0.2) is 4.98 Å². The first kappa shape index (κ1) is 15.0. The topological polar surface area (TPSA) is 63.1 Å². The van der Waals surface area contributed by atoms with Gasteiger partial charge < -0.3 is 10.2 Å². The minimum absolute atomic E-state index is 0.128. The van der Waals surface area contributed by atoms with E-state index in [0.717, 1.165) is 44.7 Å². The lowest BCUT2D eigenvalue weighted by Crippen LogP contribution is -2.45. The number of carbonyl (C=O) groups excluding carboxylic acids is 1. The van der Waals surface area contributed by atoms with Crippen LogP contribution >= 0.6 is 0 Å². The van der Waals surface area contributed by atoms with Gasteiger partial charge in [0.15, 0.2) is 5.82 Å². The summed E-state index contributed by atoms with van der Waals surface area (Å²) in [7, 11) is 1.86. The zero-order chi connectivity index (χ0) is 14.4. The van der Waals surface area contributed by atoms with Gasteiger partial charge in [-0.1, -0.05) is 12.8 Å². The first-order valence-electron chi connectivity index (χ1n) is 7.53. The van der Waals surface area contributed by atoms with Crippen LogP contribution in [-0.2, 0) is 18.3 Å². The average molecular weight is 279 g/mol. The van der Waals surface area contributed by atoms with Crippen molar-refractivity contribution in [2.45, 2.75) is 45.1 Å². The van der Waals surface area contributed by atoms with Crippen molar-refractivity contribution in [3.05, 3.63) is 12.2 Å². The lowest BCUT2D eigenvalue weighted by Gasteiger charge is -2.24. The minimum Gasteiger partial charge on any atom is -0.341 e. The normalized spacial score (nSPS) is 17.8. The number of carbonyl (C=O) groups is 1. The molecule has 20 heavy (non-hydrogen) atoms. The SMILES string of the molecule is CC(NCCc1ncn(C)n1)C(=O)N1CCCCCC1. The molecule has 1 aromatic rings. The molecule has 1 fully saturated rings. The molecule has 0 radical (unpaired) electrons. The summed E-state index contributed by atoms with van der Waals surface area (Å²) in [5, 5.41) is 7.50. The fourth-order valence-electron chi connectivity index (χ4n) is 2.55. The Morgan fingerprint density at radius 3 is 2.65 bits per heavy atom. The van der Waals surface area contributed by atoms with Crippen molar-refractivity contribution < 1.29 is 4.79 Å². The van der Waals surface area contributed by atoms with Gasteiger partial charge in [-0.05, 0) is 19.8 Å². The number of rotatable bonds is 5. The number of hydrogen-bond donors (Lipinski definition) is 1. The molecule has 1 aliphatic heterocycles. The molecule has 0 bridgehead atoms. The Morgan fingerprint density at radius 1 is 1.35 bits per heavy atom. The van der Waals surface area contributed by atoms with Gasteiger partial charge in [0.25, 0.3) is 0 Å². The van der Waals surface area contributed by atoms with E-state index in [9.17, 15) is 4.79 Å². The quantitative estimate of drug-likeness (QED) is 0.863. The first-order valence-corrected chi connectivity index (χ1v) is 7.53. The Hall–Kier alpha value is -1.43. The highest BCUT2D eigenvalue weighted by atomic mass is 16.2. The largest absolute Gasteiger partial charge is 0.341 e. The highest BCUT2D eigenvalue weighted by Gasteiger charge is 2.20. The Balaban J connectivity index is 1.73. The number of aromatic nitrogens is 3. The molecular formula is C14H25N5O. The molecule has 1 aromatic heterocycles. The van der Waals surface area contributed by atoms with Crippen molar-refractivity contribution >= 4 is 5.91 Å². The van der Waals surface area contributed by atoms with E-state index in [4.69, 9.17) is 0 Å². The molecule has 1 unspecified atom stereocenters. The van der Waals surface area contributed by atoms with Crippen LogP contribution < -0.4 is 5.32 Å². The van der Waals surface area contributed by atoms with Crippen molar-refractivity contribution in [2.75, 3.05) is 19.6 Å². The number of nitrogens with one attached hydrogen (secondary N) is 1. The highest BCUT2D eigenvalue weighted by Crippen LogP contribution is 2.10. The molecule has 0 saturated carbocycles. The van der Waals surface area contributed by atoms with Crippen LogP contribution in [0.4, 0.5) is 0 Å². The molecule has 2 heterocycles. The maximum atomic E-state index is 12.3. The smallest absolute Gasteiger partial charge is 0.239 e. The van der Waals surface area contributed by atoms with Crippen molar-refractivity contribution in [3.63, 3.8) is 0 Å². The lowest BCUT2D eigenvalue weighted by molar-refractivity contribution is -0.133. The molecule has 0 aromatic carbocycles. The second kappa shape index (κ2) is 7.38. The molecule has 112 valence electrons. The summed E-state index contributed by atoms with van der Waals surface area (Å²) in [6.07, 6.45) is 7.21. The summed E-state index contributed by atoms with van der Waals surface area (Å²) < 4.78 is 1.70. The molecule has 0 spiro atoms. The Bertz CT molecular complexity index is 423. The van der Waals surface area contributed by atoms with E-state index in [1.54, 1.807) is 11.0 Å². The molecule has 1 amide bonds. The fourth-order valence-corrected chi connectivity index (χ4v) is 2.55. The van der Waals surface area contributed by atoms with Gasteiger partial charge in [-0.2, -0.15) is 5.10 Å². The van der Waals surface area contributed by atoms with E-state index >= 15 is 0 Å². The fraction of sp³-hybridized carbons (Fsp3) is 0.786. The maximum absolute atomic E-state index is 12.3. The lowest BCUT2D eigenvalue weighted by atomic mass is 10.2. The summed E-state index contributed by atoms with van der Waals surface area (Å²) >= 11 is 0. The number of hydrogen-bond acceptors (Lipinski definition) is 4. The second-order valence-corrected chi connectivity index (χ2v) is 5.50. The Morgan fingerprint density at radius 2 is 2.05 bits per heavy atom. The monoisotopic (exact) mass is 279 g/mol. The predicted octanol–water partition coefficient (Wildman–Crippen LogP) is 0.738. The van der Waals surface area contributed by atoms with Crippen molar-refractivity contribution in [1.29, 1.82) is 0 Å². The van der Waals surface area contributed by atoms with Crippen LogP contribution in [0.1, 0.15) is 38.4 Å². The number of amides is 1. The van der Waals surface area contributed by atoms with Crippen molar-refractivity contribution in [3.8, 4) is 0 Å². The third-order valence-electron chi connectivity index (χ3n) is 3.73. The van der Waals surface area contributed by atoms with Gasteiger partial charge in [0.1, 0.15) is 6.33 Å². The molecule has 2 rings (SSSR count). The number of nitrogens with zero attached hydrogens (tertiary/aromatic N) is 4. The highest BCUT2D eigenvalue weighted by molar-refractivity contribution is 5.81. The number of likely N-dealkylation sites (tertiary alicyclic amines) is 1. The molecular weight excluding hydrogens is 254 g/mol. The van der Waals surface area contributed by atoms with Gasteiger partial charge in [0.05, 0.1) is 6.04 Å². The summed E-state index contributed by atoms with van der Waals surface area (Å²) in [5.74, 6) is 1.04. The Kier molecular flexibility index (Phi) is 5.52. The molecule has 1 aliphatic rings. The van der Waals surface area contributed by atoms with Gasteiger partial charge in [-0.15, -0.1) is 0 Å². The van der Waals surface area contributed by atoms with Gasteiger partial charge >= 0.3 is 0 Å². The van der Waals surface area contributed by atoms with Crippen LogP contribution in [0.5, 0.6) is 0 Å². The van der Waals surface area contributed by atoms with Crippen molar-refractivity contribution in [1.82, 2.24) is 25.0 Å². The molecule has 6 nitrogen and oxygen atoms in total. The van der Waals surface area contributed by atoms with E-state index in [0.29, 0.717) is 0 Å². The minimum atomic E-state index is -0.128. The van der Waals surface area contributed by atoms with Gasteiger partial charge in [0.2, 0.25) is 5.91 Å². The van der Waals surface area contributed by atoms with E-state index in [1.807, 2.05) is 18.9 Å². The average Bonchev–Trinajstić information content (AvgIpc) is 2.68. The van der Waals surface area contributed by atoms with E-state index < -0.39 is 0 Å². The van der Waals surface area contributed by atoms with Gasteiger partial charge in [0, 0.05) is 33.1 Å². The zero-order valence-corrected chi connectivity index (χ0v) is 12.5. The third kappa shape index (κ3) is 4.30. The van der Waals surface area contributed by atoms with Crippen molar-refractivity contribution in [2.24, 2.45) is 7.05 Å². The summed E-state index contributed by atoms with van der Waals surface area (Å²) in [5.41, 5.74) is 0. The summed E-state index contributed by atoms with van der Waals surface area (Å²) in [6.45, 7) is 4.49. The van der Waals surface area contributed by atoms with Crippen LogP contribution in [0.3, 0.4) is 0 Å². The van der Waals surface area contributed by atoms with Crippen LogP contribution in [0.25, 0.3) is 0 Å². The summed E-state index contributed by atoms with van der Waals surface area (Å²) in [6, 6.07) is -0.128. The number of aryl methyl sites for hydroxylation is 1. The molecule has 0 aliphatic carbocycles. The van der Waals surface area contributed by atoms with Gasteiger partial charge in [-0.3, -0.25) is 9.48 Å². The first-order chi connectivity index (χ1) is 9.66. The third-order valence-corrected chi connectivity index (χ3v) is 3.73. The van der Waals surface area contributed by atoms with E-state index in [1.165, 1.54) is 12.8 Å². The van der Waals surface area contributed by atoms with Crippen LogP contribution in [-0.4, -0.2) is 51.2 Å². The van der Waals surface area contributed by atoms with Crippen LogP contribution in [0.2, 0.25) is 0 Å². The van der Waals surface area contributed by atoms with E-state index in [-0.39, 0.29) is 11.9 Å². The standard InChI is InChI=1S/C14H25N5O/c1-12(14(20)19-9-5-3-4-6-10-19)15-8-7-13-16-11-18(2)17-13/h11-12,15H,3-10H2,1-2H3. The van der Waals surface area contributed by atoms with Crippen LogP contribution in [0, 0.1) is 0 Å². The Labute approximate surface area is 120 Å². The van der Waals surface area contributed by atoms with E-state index in [2.05, 4.69) is 15.4 Å². The van der Waals surface area contributed by atoms with Crippen LogP contribution in [0.15, 0.2) is 6.33 Å². The zero-order valence-electron chi connectivity index (χ0n) is 12.5. The molecule has 1 N–H and O–H groups in total. The second-order valence-electron chi connectivity index (χ2n) is 5.50.